The van der Waals surface area contributed by atoms with Crippen molar-refractivity contribution in [1.82, 2.24) is 0 Å². The van der Waals surface area contributed by atoms with Gasteiger partial charge in [-0.3, -0.25) is 0 Å². The molecule has 0 atom stereocenters. The zero-order valence-corrected chi connectivity index (χ0v) is 9.07. The first-order valence-corrected chi connectivity index (χ1v) is 4.80. The van der Waals surface area contributed by atoms with Crippen molar-refractivity contribution in [1.29, 1.82) is 0 Å². The molecule has 0 aromatic rings. The lowest BCUT2D eigenvalue weighted by Crippen LogP contribution is -2.08. The van der Waals surface area contributed by atoms with Crippen molar-refractivity contribution in [2.75, 3.05) is 0 Å². The van der Waals surface area contributed by atoms with Gasteiger partial charge in [0.05, 0.1) is 0 Å². The third-order valence-electron chi connectivity index (χ3n) is 2.38. The van der Waals surface area contributed by atoms with Crippen molar-refractivity contribution >= 4 is 0 Å². The molecule has 2 heteroatoms. The van der Waals surface area contributed by atoms with E-state index in [9.17, 15) is 8.78 Å². The zero-order chi connectivity index (χ0) is 10.9. The van der Waals surface area contributed by atoms with Gasteiger partial charge in [0.2, 0.25) is 0 Å². The summed E-state index contributed by atoms with van der Waals surface area (Å²) in [6.07, 6.45) is 4.15. The van der Waals surface area contributed by atoms with Crippen LogP contribution in [0, 0.1) is 11.3 Å². The molecule has 0 aromatic heterocycles. The van der Waals surface area contributed by atoms with Gasteiger partial charge in [-0.15, -0.1) is 0 Å². The number of allylic oxidation sites excluding steroid dienone is 6. The lowest BCUT2D eigenvalue weighted by atomic mass is 9.91. The SMILES string of the molecule is CC(C)C1=CC(F)=CC(C)(C)C(F)=C1. The van der Waals surface area contributed by atoms with E-state index in [-0.39, 0.29) is 17.6 Å². The highest BCUT2D eigenvalue weighted by molar-refractivity contribution is 5.37. The molecule has 0 N–H and O–H groups in total. The van der Waals surface area contributed by atoms with E-state index in [1.165, 1.54) is 18.2 Å². The van der Waals surface area contributed by atoms with Crippen LogP contribution in [-0.2, 0) is 0 Å². The highest BCUT2D eigenvalue weighted by atomic mass is 19.1. The second-order valence-corrected chi connectivity index (χ2v) is 4.54. The van der Waals surface area contributed by atoms with E-state index < -0.39 is 5.41 Å². The molecule has 1 aliphatic carbocycles. The van der Waals surface area contributed by atoms with E-state index >= 15 is 0 Å². The van der Waals surface area contributed by atoms with Crippen LogP contribution in [0.25, 0.3) is 0 Å². The van der Waals surface area contributed by atoms with E-state index in [0.29, 0.717) is 5.57 Å². The fourth-order valence-corrected chi connectivity index (χ4v) is 1.32. The minimum absolute atomic E-state index is 0.133. The van der Waals surface area contributed by atoms with Gasteiger partial charge in [0.1, 0.15) is 11.7 Å². The lowest BCUT2D eigenvalue weighted by Gasteiger charge is -2.16. The highest BCUT2D eigenvalue weighted by Crippen LogP contribution is 2.35. The Labute approximate surface area is 84.0 Å². The summed E-state index contributed by atoms with van der Waals surface area (Å²) in [4.78, 5) is 0. The molecular weight excluding hydrogens is 182 g/mol. The summed E-state index contributed by atoms with van der Waals surface area (Å²) in [5.74, 6) is -0.512. The van der Waals surface area contributed by atoms with E-state index in [0.717, 1.165) is 0 Å². The minimum Gasteiger partial charge on any atom is -0.211 e. The number of rotatable bonds is 1. The number of hydrogen-bond acceptors (Lipinski definition) is 0. The molecule has 0 fully saturated rings. The predicted molar refractivity (Wildman–Crippen MR) is 55.1 cm³/mol. The Balaban J connectivity index is 3.17. The molecule has 0 saturated heterocycles. The summed E-state index contributed by atoms with van der Waals surface area (Å²) in [5.41, 5.74) is -0.140. The summed E-state index contributed by atoms with van der Waals surface area (Å²) < 4.78 is 26.9. The van der Waals surface area contributed by atoms with Crippen molar-refractivity contribution in [3.05, 3.63) is 35.5 Å². The molecule has 0 aromatic carbocycles. The van der Waals surface area contributed by atoms with Gasteiger partial charge in [-0.25, -0.2) is 8.78 Å². The van der Waals surface area contributed by atoms with E-state index in [2.05, 4.69) is 0 Å². The second kappa shape index (κ2) is 3.68. The van der Waals surface area contributed by atoms with Gasteiger partial charge >= 0.3 is 0 Å². The molecule has 0 aliphatic heterocycles. The smallest absolute Gasteiger partial charge is 0.120 e. The van der Waals surface area contributed by atoms with Crippen LogP contribution in [0.3, 0.4) is 0 Å². The zero-order valence-electron chi connectivity index (χ0n) is 9.07. The van der Waals surface area contributed by atoms with E-state index in [4.69, 9.17) is 0 Å². The van der Waals surface area contributed by atoms with Crippen LogP contribution in [0.4, 0.5) is 8.78 Å². The van der Waals surface area contributed by atoms with Crippen molar-refractivity contribution in [3.8, 4) is 0 Å². The summed E-state index contributed by atoms with van der Waals surface area (Å²) >= 11 is 0. The van der Waals surface area contributed by atoms with Crippen molar-refractivity contribution < 1.29 is 8.78 Å². The Morgan fingerprint density at radius 3 is 2.21 bits per heavy atom. The van der Waals surface area contributed by atoms with E-state index in [1.54, 1.807) is 13.8 Å². The summed E-state index contributed by atoms with van der Waals surface area (Å²) in [6.45, 7) is 7.16. The third-order valence-corrected chi connectivity index (χ3v) is 2.38. The van der Waals surface area contributed by atoms with Crippen LogP contribution in [0.5, 0.6) is 0 Å². The third kappa shape index (κ3) is 2.31. The maximum absolute atomic E-state index is 13.6. The standard InChI is InChI=1S/C12H16F2/c1-8(2)9-5-10(13)7-12(3,4)11(14)6-9/h5-8H,1-4H3. The molecule has 0 unspecified atom stereocenters. The number of halogens is 2. The van der Waals surface area contributed by atoms with Crippen LogP contribution in [-0.4, -0.2) is 0 Å². The molecule has 0 nitrogen and oxygen atoms in total. The predicted octanol–water partition coefficient (Wildman–Crippen LogP) is 4.32. The van der Waals surface area contributed by atoms with Gasteiger partial charge < -0.3 is 0 Å². The highest BCUT2D eigenvalue weighted by Gasteiger charge is 2.24. The Kier molecular flexibility index (Phi) is 2.93. The normalized spacial score (nSPS) is 21.2. The first-order chi connectivity index (χ1) is 6.33. The molecule has 78 valence electrons. The molecule has 0 amide bonds. The van der Waals surface area contributed by atoms with Crippen molar-refractivity contribution in [2.45, 2.75) is 27.7 Å². The largest absolute Gasteiger partial charge is 0.211 e. The maximum atomic E-state index is 13.6. The molecular formula is C12H16F2. The summed E-state index contributed by atoms with van der Waals surface area (Å²) in [7, 11) is 0. The Hall–Kier alpha value is -0.920. The summed E-state index contributed by atoms with van der Waals surface area (Å²) in [5, 5.41) is 0. The van der Waals surface area contributed by atoms with Gasteiger partial charge in [0, 0.05) is 5.41 Å². The Bertz CT molecular complexity index is 317. The van der Waals surface area contributed by atoms with Gasteiger partial charge in [-0.2, -0.15) is 0 Å². The van der Waals surface area contributed by atoms with Gasteiger partial charge in [-0.1, -0.05) is 13.8 Å². The van der Waals surface area contributed by atoms with Crippen molar-refractivity contribution in [2.24, 2.45) is 11.3 Å². The molecule has 14 heavy (non-hydrogen) atoms. The Morgan fingerprint density at radius 2 is 1.71 bits per heavy atom. The average Bonchev–Trinajstić information content (AvgIpc) is 2.09. The quantitative estimate of drug-likeness (QED) is 0.588. The topological polar surface area (TPSA) is 0 Å². The van der Waals surface area contributed by atoms with E-state index in [1.807, 2.05) is 13.8 Å². The molecule has 1 rings (SSSR count). The van der Waals surface area contributed by atoms with Gasteiger partial charge in [-0.05, 0) is 43.6 Å². The van der Waals surface area contributed by atoms with Gasteiger partial charge in [0.15, 0.2) is 0 Å². The van der Waals surface area contributed by atoms with Crippen LogP contribution in [0.15, 0.2) is 35.5 Å². The molecule has 0 saturated carbocycles. The van der Waals surface area contributed by atoms with Crippen LogP contribution in [0.2, 0.25) is 0 Å². The molecule has 0 bridgehead atoms. The fourth-order valence-electron chi connectivity index (χ4n) is 1.32. The first-order valence-electron chi connectivity index (χ1n) is 4.80. The monoisotopic (exact) mass is 198 g/mol. The lowest BCUT2D eigenvalue weighted by molar-refractivity contribution is 0.421. The first kappa shape index (κ1) is 11.2. The Morgan fingerprint density at radius 1 is 1.14 bits per heavy atom. The number of hydrogen-bond donors (Lipinski definition) is 0. The van der Waals surface area contributed by atoms with Crippen LogP contribution < -0.4 is 0 Å². The molecule has 0 heterocycles. The fraction of sp³-hybridized carbons (Fsp3) is 0.500. The van der Waals surface area contributed by atoms with Crippen molar-refractivity contribution in [3.63, 3.8) is 0 Å². The maximum Gasteiger partial charge on any atom is 0.120 e. The average molecular weight is 198 g/mol. The molecule has 1 aliphatic rings. The summed E-state index contributed by atoms with van der Waals surface area (Å²) in [6, 6.07) is 0. The van der Waals surface area contributed by atoms with Gasteiger partial charge in [0.25, 0.3) is 0 Å². The molecule has 0 spiro atoms. The molecule has 0 radical (unpaired) electrons. The van der Waals surface area contributed by atoms with Crippen LogP contribution in [0.1, 0.15) is 27.7 Å². The minimum atomic E-state index is -0.836. The second-order valence-electron chi connectivity index (χ2n) is 4.54. The van der Waals surface area contributed by atoms with Crippen LogP contribution >= 0.6 is 0 Å².